The van der Waals surface area contributed by atoms with Crippen molar-refractivity contribution in [2.75, 3.05) is 26.2 Å². The lowest BCUT2D eigenvalue weighted by Crippen LogP contribution is -2.33. The minimum atomic E-state index is -0.473. The predicted octanol–water partition coefficient (Wildman–Crippen LogP) is 5.38. The molecule has 2 aromatic carbocycles. The van der Waals surface area contributed by atoms with Gasteiger partial charge in [-0.05, 0) is 43.3 Å². The van der Waals surface area contributed by atoms with Crippen LogP contribution in [0.25, 0.3) is 0 Å². The Kier molecular flexibility index (Phi) is 8.79. The Labute approximate surface area is 157 Å². The van der Waals surface area contributed by atoms with Crippen LogP contribution >= 0.6 is 24.0 Å². The van der Waals surface area contributed by atoms with Crippen LogP contribution in [-0.2, 0) is 10.3 Å². The summed E-state index contributed by atoms with van der Waals surface area (Å²) >= 11 is 6.04. The maximum absolute atomic E-state index is 6.39. The third-order valence-corrected chi connectivity index (χ3v) is 4.66. The van der Waals surface area contributed by atoms with Crippen molar-refractivity contribution in [1.29, 1.82) is 0 Å². The number of halogens is 2. The van der Waals surface area contributed by atoms with Gasteiger partial charge in [-0.1, -0.05) is 67.9 Å². The maximum Gasteiger partial charge on any atom is 0.115 e. The fourth-order valence-electron chi connectivity index (χ4n) is 2.78. The molecule has 0 fully saturated rings. The summed E-state index contributed by atoms with van der Waals surface area (Å²) in [7, 11) is 0. The third kappa shape index (κ3) is 5.22. The van der Waals surface area contributed by atoms with Crippen LogP contribution in [0.5, 0.6) is 0 Å². The molecule has 1 unspecified atom stereocenters. The predicted molar refractivity (Wildman–Crippen MR) is 105 cm³/mol. The van der Waals surface area contributed by atoms with E-state index >= 15 is 0 Å². The number of rotatable bonds is 8. The standard InChI is InChI=1S/C20H26ClNO.ClH/c1-4-22(5-2)15-16-23-20(3,17-9-7-6-8-10-17)18-11-13-19(21)14-12-18;/h6-14H,4-5,15-16H2,1-3H3;1H. The second kappa shape index (κ2) is 10.0. The summed E-state index contributed by atoms with van der Waals surface area (Å²) in [6.45, 7) is 10.2. The third-order valence-electron chi connectivity index (χ3n) is 4.41. The zero-order valence-corrected chi connectivity index (χ0v) is 16.2. The second-order valence-corrected chi connectivity index (χ2v) is 6.22. The fraction of sp³-hybridized carbons (Fsp3) is 0.400. The summed E-state index contributed by atoms with van der Waals surface area (Å²) in [6.07, 6.45) is 0. The van der Waals surface area contributed by atoms with Gasteiger partial charge in [-0.3, -0.25) is 0 Å². The van der Waals surface area contributed by atoms with Gasteiger partial charge in [0.25, 0.3) is 0 Å². The smallest absolute Gasteiger partial charge is 0.115 e. The molecule has 0 heterocycles. The molecule has 4 heteroatoms. The fourth-order valence-corrected chi connectivity index (χ4v) is 2.90. The zero-order valence-electron chi connectivity index (χ0n) is 14.7. The topological polar surface area (TPSA) is 12.5 Å². The van der Waals surface area contributed by atoms with Gasteiger partial charge < -0.3 is 9.64 Å². The van der Waals surface area contributed by atoms with Gasteiger partial charge in [0.05, 0.1) is 6.61 Å². The first-order valence-corrected chi connectivity index (χ1v) is 8.65. The highest BCUT2D eigenvalue weighted by atomic mass is 35.5. The van der Waals surface area contributed by atoms with Crippen molar-refractivity contribution < 1.29 is 4.74 Å². The molecular weight excluding hydrogens is 341 g/mol. The maximum atomic E-state index is 6.39. The molecule has 0 spiro atoms. The number of hydrogen-bond acceptors (Lipinski definition) is 2. The largest absolute Gasteiger partial charge is 0.365 e. The summed E-state index contributed by atoms with van der Waals surface area (Å²) in [5.41, 5.74) is 1.80. The molecule has 0 aromatic heterocycles. The Morgan fingerprint density at radius 3 is 2.00 bits per heavy atom. The Morgan fingerprint density at radius 2 is 1.46 bits per heavy atom. The molecule has 0 radical (unpaired) electrons. The van der Waals surface area contributed by atoms with Gasteiger partial charge in [0.2, 0.25) is 0 Å². The van der Waals surface area contributed by atoms with E-state index in [9.17, 15) is 0 Å². The number of nitrogens with zero attached hydrogens (tertiary/aromatic N) is 1. The molecule has 0 saturated carbocycles. The molecular formula is C20H27Cl2NO. The summed E-state index contributed by atoms with van der Waals surface area (Å²) in [6, 6.07) is 18.3. The normalized spacial score (nSPS) is 13.4. The van der Waals surface area contributed by atoms with E-state index in [4.69, 9.17) is 16.3 Å². The Hall–Kier alpha value is -1.06. The lowest BCUT2D eigenvalue weighted by molar-refractivity contribution is -0.0135. The van der Waals surface area contributed by atoms with Crippen LogP contribution in [0.4, 0.5) is 0 Å². The van der Waals surface area contributed by atoms with E-state index < -0.39 is 5.60 Å². The summed E-state index contributed by atoms with van der Waals surface area (Å²) < 4.78 is 6.39. The lowest BCUT2D eigenvalue weighted by Gasteiger charge is -2.32. The highest BCUT2D eigenvalue weighted by molar-refractivity contribution is 6.30. The van der Waals surface area contributed by atoms with Gasteiger partial charge in [0.1, 0.15) is 5.60 Å². The number of benzene rings is 2. The van der Waals surface area contributed by atoms with Gasteiger partial charge >= 0.3 is 0 Å². The molecule has 0 saturated heterocycles. The monoisotopic (exact) mass is 367 g/mol. The Bertz CT molecular complexity index is 584. The first-order valence-electron chi connectivity index (χ1n) is 8.28. The average molecular weight is 368 g/mol. The van der Waals surface area contributed by atoms with Crippen LogP contribution < -0.4 is 0 Å². The molecule has 0 bridgehead atoms. The first-order chi connectivity index (χ1) is 11.1. The molecule has 0 N–H and O–H groups in total. The molecule has 2 nitrogen and oxygen atoms in total. The SMILES string of the molecule is CCN(CC)CCOC(C)(c1ccccc1)c1ccc(Cl)cc1.Cl. The molecule has 24 heavy (non-hydrogen) atoms. The minimum Gasteiger partial charge on any atom is -0.365 e. The van der Waals surface area contributed by atoms with Crippen molar-refractivity contribution in [3.8, 4) is 0 Å². The van der Waals surface area contributed by atoms with Crippen molar-refractivity contribution in [1.82, 2.24) is 4.90 Å². The van der Waals surface area contributed by atoms with E-state index in [0.29, 0.717) is 6.61 Å². The highest BCUT2D eigenvalue weighted by Crippen LogP contribution is 2.33. The minimum absolute atomic E-state index is 0. The van der Waals surface area contributed by atoms with E-state index in [1.54, 1.807) is 0 Å². The molecule has 0 aliphatic heterocycles. The van der Waals surface area contributed by atoms with Crippen LogP contribution in [0.2, 0.25) is 5.02 Å². The molecule has 1 atom stereocenters. The molecule has 2 aromatic rings. The first kappa shape index (κ1) is 21.0. The van der Waals surface area contributed by atoms with Crippen molar-refractivity contribution in [3.05, 3.63) is 70.7 Å². The van der Waals surface area contributed by atoms with Gasteiger partial charge in [0.15, 0.2) is 0 Å². The number of likely N-dealkylation sites (N-methyl/N-ethyl adjacent to an activating group) is 1. The van der Waals surface area contributed by atoms with Crippen molar-refractivity contribution in [2.24, 2.45) is 0 Å². The molecule has 0 amide bonds. The van der Waals surface area contributed by atoms with Gasteiger partial charge in [0, 0.05) is 11.6 Å². The van der Waals surface area contributed by atoms with Crippen LogP contribution in [-0.4, -0.2) is 31.1 Å². The molecule has 132 valence electrons. The Morgan fingerprint density at radius 1 is 0.917 bits per heavy atom. The van der Waals surface area contributed by atoms with E-state index in [1.165, 1.54) is 0 Å². The van der Waals surface area contributed by atoms with E-state index in [1.807, 2.05) is 30.3 Å². The Balaban J connectivity index is 0.00000288. The van der Waals surface area contributed by atoms with Crippen molar-refractivity contribution in [2.45, 2.75) is 26.4 Å². The zero-order chi connectivity index (χ0) is 16.7. The van der Waals surface area contributed by atoms with E-state index in [2.05, 4.69) is 49.9 Å². The van der Waals surface area contributed by atoms with Gasteiger partial charge in [-0.25, -0.2) is 0 Å². The van der Waals surface area contributed by atoms with E-state index in [0.717, 1.165) is 35.8 Å². The molecule has 2 rings (SSSR count). The quantitative estimate of drug-likeness (QED) is 0.620. The van der Waals surface area contributed by atoms with Crippen LogP contribution in [0.15, 0.2) is 54.6 Å². The summed E-state index contributed by atoms with van der Waals surface area (Å²) in [5.74, 6) is 0. The second-order valence-electron chi connectivity index (χ2n) is 5.78. The molecule has 0 aliphatic carbocycles. The summed E-state index contributed by atoms with van der Waals surface area (Å²) in [5, 5.41) is 0.743. The average Bonchev–Trinajstić information content (AvgIpc) is 2.60. The molecule has 0 aliphatic rings. The van der Waals surface area contributed by atoms with Crippen molar-refractivity contribution in [3.63, 3.8) is 0 Å². The lowest BCUT2D eigenvalue weighted by atomic mass is 9.88. The number of hydrogen-bond donors (Lipinski definition) is 0. The van der Waals surface area contributed by atoms with Gasteiger partial charge in [-0.15, -0.1) is 12.4 Å². The van der Waals surface area contributed by atoms with Crippen LogP contribution in [0.3, 0.4) is 0 Å². The van der Waals surface area contributed by atoms with Gasteiger partial charge in [-0.2, -0.15) is 0 Å². The van der Waals surface area contributed by atoms with E-state index in [-0.39, 0.29) is 12.4 Å². The van der Waals surface area contributed by atoms with Crippen LogP contribution in [0, 0.1) is 0 Å². The van der Waals surface area contributed by atoms with Crippen molar-refractivity contribution >= 4 is 24.0 Å². The number of ether oxygens (including phenoxy) is 1. The summed E-state index contributed by atoms with van der Waals surface area (Å²) in [4.78, 5) is 2.37. The highest BCUT2D eigenvalue weighted by Gasteiger charge is 2.29. The van der Waals surface area contributed by atoms with Crippen LogP contribution in [0.1, 0.15) is 31.9 Å².